The van der Waals surface area contributed by atoms with Gasteiger partial charge in [0.1, 0.15) is 5.56 Å². The van der Waals surface area contributed by atoms with E-state index in [-0.39, 0.29) is 10.6 Å². The number of nitrogens with zero attached hydrogens (tertiary/aromatic N) is 4. The lowest BCUT2D eigenvalue weighted by atomic mass is 9.93. The Morgan fingerprint density at radius 1 is 1.30 bits per heavy atom. The minimum atomic E-state index is -0.861. The van der Waals surface area contributed by atoms with Crippen molar-refractivity contribution in [2.24, 2.45) is 9.98 Å². The van der Waals surface area contributed by atoms with Gasteiger partial charge < -0.3 is 4.90 Å². The van der Waals surface area contributed by atoms with Crippen molar-refractivity contribution in [1.82, 2.24) is 0 Å². The van der Waals surface area contributed by atoms with Gasteiger partial charge in [-0.15, -0.1) is 0 Å². The zero-order chi connectivity index (χ0) is 16.4. The molecule has 0 aromatic heterocycles. The smallest absolute Gasteiger partial charge is 0.279 e. The van der Waals surface area contributed by atoms with E-state index in [4.69, 9.17) is 0 Å². The first-order valence-electron chi connectivity index (χ1n) is 8.22. The van der Waals surface area contributed by atoms with E-state index in [1.165, 1.54) is 6.42 Å². The molecule has 2 heterocycles. The topological polar surface area (TPSA) is 71.1 Å². The standard InChI is InChI=1S/C17H22N4O2/c1-3-17(18-12-13(2)19-17)16-14(20-10-5-4-6-11-20)8-7-9-15(16)21(22)23/h7-9,12H,3-6,10-11H2,1-2H3. The number of hydrogen-bond donors (Lipinski definition) is 0. The second-order valence-electron chi connectivity index (χ2n) is 6.16. The van der Waals surface area contributed by atoms with Crippen molar-refractivity contribution < 1.29 is 4.92 Å². The molecule has 1 unspecified atom stereocenters. The Morgan fingerprint density at radius 2 is 2.04 bits per heavy atom. The zero-order valence-electron chi connectivity index (χ0n) is 13.7. The summed E-state index contributed by atoms with van der Waals surface area (Å²) in [4.78, 5) is 22.8. The van der Waals surface area contributed by atoms with E-state index in [0.717, 1.165) is 37.3 Å². The second-order valence-corrected chi connectivity index (χ2v) is 6.16. The maximum absolute atomic E-state index is 11.6. The molecular weight excluding hydrogens is 292 g/mol. The van der Waals surface area contributed by atoms with Crippen molar-refractivity contribution in [2.45, 2.75) is 45.2 Å². The molecule has 0 saturated carbocycles. The SMILES string of the molecule is CCC1(c2c(N3CCCCC3)cccc2[N+](=O)[O-])N=CC(C)=N1. The fraction of sp³-hybridized carbons (Fsp3) is 0.529. The summed E-state index contributed by atoms with van der Waals surface area (Å²) in [5, 5.41) is 11.6. The van der Waals surface area contributed by atoms with Crippen LogP contribution in [-0.4, -0.2) is 29.9 Å². The molecule has 1 aromatic carbocycles. The first-order valence-corrected chi connectivity index (χ1v) is 8.22. The third-order valence-electron chi connectivity index (χ3n) is 4.63. The summed E-state index contributed by atoms with van der Waals surface area (Å²) in [7, 11) is 0. The summed E-state index contributed by atoms with van der Waals surface area (Å²) in [6, 6.07) is 5.31. The van der Waals surface area contributed by atoms with Gasteiger partial charge in [0.05, 0.1) is 16.3 Å². The molecule has 1 saturated heterocycles. The molecule has 1 atom stereocenters. The van der Waals surface area contributed by atoms with Crippen molar-refractivity contribution in [3.63, 3.8) is 0 Å². The fourth-order valence-corrected chi connectivity index (χ4v) is 3.51. The monoisotopic (exact) mass is 314 g/mol. The lowest BCUT2D eigenvalue weighted by molar-refractivity contribution is -0.386. The van der Waals surface area contributed by atoms with E-state index >= 15 is 0 Å². The first kappa shape index (κ1) is 15.6. The number of anilines is 1. The molecule has 1 aromatic rings. The van der Waals surface area contributed by atoms with Gasteiger partial charge in [-0.05, 0) is 38.7 Å². The van der Waals surface area contributed by atoms with E-state index < -0.39 is 5.66 Å². The summed E-state index contributed by atoms with van der Waals surface area (Å²) >= 11 is 0. The zero-order valence-corrected chi connectivity index (χ0v) is 13.7. The molecule has 122 valence electrons. The highest BCUT2D eigenvalue weighted by Crippen LogP contribution is 2.45. The van der Waals surface area contributed by atoms with E-state index in [0.29, 0.717) is 12.0 Å². The summed E-state index contributed by atoms with van der Waals surface area (Å²) in [5.41, 5.74) is 1.62. The third-order valence-corrected chi connectivity index (χ3v) is 4.63. The van der Waals surface area contributed by atoms with Gasteiger partial charge >= 0.3 is 0 Å². The van der Waals surface area contributed by atoms with Gasteiger partial charge in [-0.25, -0.2) is 0 Å². The maximum Gasteiger partial charge on any atom is 0.279 e. The maximum atomic E-state index is 11.6. The van der Waals surface area contributed by atoms with Crippen molar-refractivity contribution in [3.8, 4) is 0 Å². The predicted octanol–water partition coefficient (Wildman–Crippen LogP) is 3.69. The normalized spacial score (nSPS) is 23.9. The summed E-state index contributed by atoms with van der Waals surface area (Å²) < 4.78 is 0. The van der Waals surface area contributed by atoms with Crippen LogP contribution in [0.1, 0.15) is 45.1 Å². The summed E-state index contributed by atoms with van der Waals surface area (Å²) in [6.07, 6.45) is 5.78. The molecule has 0 amide bonds. The van der Waals surface area contributed by atoms with Crippen molar-refractivity contribution in [3.05, 3.63) is 33.9 Å². The van der Waals surface area contributed by atoms with Gasteiger partial charge in [-0.3, -0.25) is 20.1 Å². The summed E-state index contributed by atoms with van der Waals surface area (Å²) in [5.74, 6) is 0. The van der Waals surface area contributed by atoms with Crippen molar-refractivity contribution in [2.75, 3.05) is 18.0 Å². The molecule has 1 fully saturated rings. The highest BCUT2D eigenvalue weighted by molar-refractivity contribution is 6.31. The average Bonchev–Trinajstić information content (AvgIpc) is 2.97. The number of rotatable bonds is 4. The molecule has 0 aliphatic carbocycles. The van der Waals surface area contributed by atoms with Crippen molar-refractivity contribution in [1.29, 1.82) is 0 Å². The molecule has 23 heavy (non-hydrogen) atoms. The minimum absolute atomic E-state index is 0.116. The van der Waals surface area contributed by atoms with Gasteiger partial charge in [0.2, 0.25) is 0 Å². The minimum Gasteiger partial charge on any atom is -0.371 e. The number of benzene rings is 1. The molecule has 3 rings (SSSR count). The predicted molar refractivity (Wildman–Crippen MR) is 92.7 cm³/mol. The van der Waals surface area contributed by atoms with Gasteiger partial charge in [-0.1, -0.05) is 13.0 Å². The lowest BCUT2D eigenvalue weighted by Gasteiger charge is -2.33. The van der Waals surface area contributed by atoms with Crippen LogP contribution < -0.4 is 4.90 Å². The third kappa shape index (κ3) is 2.73. The fourth-order valence-electron chi connectivity index (χ4n) is 3.51. The Kier molecular flexibility index (Phi) is 4.15. The molecule has 6 nitrogen and oxygen atoms in total. The van der Waals surface area contributed by atoms with Crippen LogP contribution in [0.25, 0.3) is 0 Å². The first-order chi connectivity index (χ1) is 11.1. The van der Waals surface area contributed by atoms with E-state index in [2.05, 4.69) is 14.9 Å². The number of nitro groups is 1. The van der Waals surface area contributed by atoms with E-state index in [1.54, 1.807) is 18.3 Å². The molecular formula is C17H22N4O2. The van der Waals surface area contributed by atoms with Gasteiger partial charge in [0.15, 0.2) is 5.66 Å². The van der Waals surface area contributed by atoms with Crippen LogP contribution in [0.15, 0.2) is 28.2 Å². The van der Waals surface area contributed by atoms with Crippen LogP contribution in [0, 0.1) is 10.1 Å². The van der Waals surface area contributed by atoms with Crippen LogP contribution in [0.3, 0.4) is 0 Å². The molecule has 6 heteroatoms. The Bertz CT molecular complexity index is 677. The number of hydrogen-bond acceptors (Lipinski definition) is 5. The van der Waals surface area contributed by atoms with Crippen LogP contribution in [-0.2, 0) is 5.66 Å². The molecule has 2 aliphatic rings. The lowest BCUT2D eigenvalue weighted by Crippen LogP contribution is -2.33. The van der Waals surface area contributed by atoms with Crippen LogP contribution in [0.4, 0.5) is 11.4 Å². The van der Waals surface area contributed by atoms with Crippen LogP contribution >= 0.6 is 0 Å². The van der Waals surface area contributed by atoms with Gasteiger partial charge in [0, 0.05) is 25.4 Å². The Morgan fingerprint density at radius 3 is 2.61 bits per heavy atom. The second kappa shape index (κ2) is 6.10. The Hall–Kier alpha value is -2.24. The Labute approximate surface area is 136 Å². The Balaban J connectivity index is 2.20. The molecule has 0 radical (unpaired) electrons. The molecule has 0 spiro atoms. The van der Waals surface area contributed by atoms with Crippen molar-refractivity contribution >= 4 is 23.3 Å². The summed E-state index contributed by atoms with van der Waals surface area (Å²) in [6.45, 7) is 5.73. The van der Waals surface area contributed by atoms with Crippen LogP contribution in [0.5, 0.6) is 0 Å². The largest absolute Gasteiger partial charge is 0.371 e. The van der Waals surface area contributed by atoms with Gasteiger partial charge in [0.25, 0.3) is 5.69 Å². The van der Waals surface area contributed by atoms with Crippen LogP contribution in [0.2, 0.25) is 0 Å². The molecule has 2 aliphatic heterocycles. The molecule has 0 N–H and O–H groups in total. The number of nitro benzene ring substituents is 1. The number of piperidine rings is 1. The number of aliphatic imine (C=N–C) groups is 2. The quantitative estimate of drug-likeness (QED) is 0.628. The van der Waals surface area contributed by atoms with Gasteiger partial charge in [-0.2, -0.15) is 0 Å². The highest BCUT2D eigenvalue weighted by Gasteiger charge is 2.41. The highest BCUT2D eigenvalue weighted by atomic mass is 16.6. The molecule has 0 bridgehead atoms. The average molecular weight is 314 g/mol. The van der Waals surface area contributed by atoms with E-state index in [9.17, 15) is 10.1 Å². The van der Waals surface area contributed by atoms with E-state index in [1.807, 2.05) is 19.9 Å².